The van der Waals surface area contributed by atoms with Gasteiger partial charge in [0, 0.05) is 12.0 Å². The Morgan fingerprint density at radius 1 is 1.33 bits per heavy atom. The third kappa shape index (κ3) is 3.43. The predicted molar refractivity (Wildman–Crippen MR) is 82.4 cm³/mol. The Bertz CT molecular complexity index is 480. The summed E-state index contributed by atoms with van der Waals surface area (Å²) in [5.74, 6) is -0.0334. The van der Waals surface area contributed by atoms with Crippen molar-refractivity contribution in [2.24, 2.45) is 5.41 Å². The van der Waals surface area contributed by atoms with E-state index in [4.69, 9.17) is 0 Å². The van der Waals surface area contributed by atoms with Gasteiger partial charge in [0.15, 0.2) is 0 Å². The lowest BCUT2D eigenvalue weighted by Crippen LogP contribution is -2.48. The third-order valence-corrected chi connectivity index (χ3v) is 4.64. The molecule has 3 nitrogen and oxygen atoms in total. The number of carbonyl (C=O) groups excluding carboxylic acids is 1. The Balaban J connectivity index is 2.17. The molecule has 1 fully saturated rings. The first kappa shape index (κ1) is 16.0. The average Bonchev–Trinajstić information content (AvgIpc) is 2.49. The fraction of sp³-hybridized carbons (Fsp3) is 0.588. The molecule has 1 N–H and O–H groups in total. The molecule has 0 saturated carbocycles. The second kappa shape index (κ2) is 6.56. The summed E-state index contributed by atoms with van der Waals surface area (Å²) in [6.45, 7) is 8.54. The van der Waals surface area contributed by atoms with Crippen LogP contribution in [-0.4, -0.2) is 30.4 Å². The van der Waals surface area contributed by atoms with Crippen LogP contribution in [0.2, 0.25) is 0 Å². The molecule has 1 aliphatic rings. The molecule has 0 aromatic heterocycles. The number of benzene rings is 1. The molecule has 1 heterocycles. The Labute approximate surface area is 126 Å². The molecular formula is C17H25FN2O. The number of halogens is 1. The monoisotopic (exact) mass is 292 g/mol. The molecule has 4 heteroatoms. The van der Waals surface area contributed by atoms with Gasteiger partial charge in [0.2, 0.25) is 5.91 Å². The van der Waals surface area contributed by atoms with E-state index in [-0.39, 0.29) is 23.2 Å². The minimum absolute atomic E-state index is 0.0326. The number of nitrogens with one attached hydrogen (secondary N) is 1. The summed E-state index contributed by atoms with van der Waals surface area (Å²) in [6, 6.07) is 6.41. The highest BCUT2D eigenvalue weighted by atomic mass is 19.1. The third-order valence-electron chi connectivity index (χ3n) is 4.64. The molecule has 0 aliphatic carbocycles. The van der Waals surface area contributed by atoms with Crippen LogP contribution < -0.4 is 5.32 Å². The van der Waals surface area contributed by atoms with Crippen molar-refractivity contribution >= 4 is 5.91 Å². The lowest BCUT2D eigenvalue weighted by Gasteiger charge is -2.39. The normalized spacial score (nSPS) is 19.0. The van der Waals surface area contributed by atoms with Crippen LogP contribution in [0.3, 0.4) is 0 Å². The predicted octanol–water partition coefficient (Wildman–Crippen LogP) is 3.12. The Hall–Kier alpha value is -1.42. The van der Waals surface area contributed by atoms with Crippen LogP contribution in [-0.2, 0) is 4.79 Å². The van der Waals surface area contributed by atoms with E-state index < -0.39 is 0 Å². The lowest BCUT2D eigenvalue weighted by molar-refractivity contribution is -0.144. The van der Waals surface area contributed by atoms with Crippen LogP contribution in [0, 0.1) is 11.2 Å². The first-order valence-electron chi connectivity index (χ1n) is 7.75. The van der Waals surface area contributed by atoms with Gasteiger partial charge in [-0.1, -0.05) is 19.1 Å². The van der Waals surface area contributed by atoms with Gasteiger partial charge in [-0.25, -0.2) is 4.39 Å². The number of nitrogens with zero attached hydrogens (tertiary/aromatic N) is 1. The van der Waals surface area contributed by atoms with Gasteiger partial charge in [-0.3, -0.25) is 4.79 Å². The summed E-state index contributed by atoms with van der Waals surface area (Å²) < 4.78 is 13.1. The van der Waals surface area contributed by atoms with Crippen molar-refractivity contribution in [1.82, 2.24) is 10.2 Å². The van der Waals surface area contributed by atoms with Gasteiger partial charge in [0.05, 0.1) is 6.04 Å². The summed E-state index contributed by atoms with van der Waals surface area (Å²) in [5, 5.41) is 3.31. The number of hydrogen-bond acceptors (Lipinski definition) is 2. The number of amides is 1. The maximum absolute atomic E-state index is 13.1. The van der Waals surface area contributed by atoms with Crippen LogP contribution in [0.5, 0.6) is 0 Å². The highest BCUT2D eigenvalue weighted by Crippen LogP contribution is 2.33. The molecule has 1 saturated heterocycles. The van der Waals surface area contributed by atoms with E-state index in [9.17, 15) is 9.18 Å². The van der Waals surface area contributed by atoms with Crippen LogP contribution in [0.15, 0.2) is 24.3 Å². The zero-order chi connectivity index (χ0) is 15.5. The molecule has 1 amide bonds. The van der Waals surface area contributed by atoms with Crippen molar-refractivity contribution in [3.63, 3.8) is 0 Å². The summed E-state index contributed by atoms with van der Waals surface area (Å²) in [4.78, 5) is 14.9. The number of rotatable bonds is 4. The molecular weight excluding hydrogens is 267 g/mol. The average molecular weight is 292 g/mol. The van der Waals surface area contributed by atoms with Crippen molar-refractivity contribution in [2.75, 3.05) is 19.6 Å². The van der Waals surface area contributed by atoms with E-state index >= 15 is 0 Å². The van der Waals surface area contributed by atoms with E-state index in [1.807, 2.05) is 18.7 Å². The zero-order valence-electron chi connectivity index (χ0n) is 13.2. The maximum atomic E-state index is 13.1. The van der Waals surface area contributed by atoms with E-state index in [0.29, 0.717) is 6.54 Å². The van der Waals surface area contributed by atoms with Gasteiger partial charge in [-0.2, -0.15) is 0 Å². The minimum atomic E-state index is -0.282. The minimum Gasteiger partial charge on any atom is -0.336 e. The van der Waals surface area contributed by atoms with Gasteiger partial charge < -0.3 is 10.2 Å². The van der Waals surface area contributed by atoms with Crippen LogP contribution in [0.1, 0.15) is 45.2 Å². The molecule has 1 unspecified atom stereocenters. The topological polar surface area (TPSA) is 32.3 Å². The maximum Gasteiger partial charge on any atom is 0.229 e. The van der Waals surface area contributed by atoms with Gasteiger partial charge >= 0.3 is 0 Å². The summed E-state index contributed by atoms with van der Waals surface area (Å²) >= 11 is 0. The summed E-state index contributed by atoms with van der Waals surface area (Å²) in [5.41, 5.74) is 0.694. The fourth-order valence-electron chi connectivity index (χ4n) is 3.05. The SMILES string of the molecule is CCN(C(=O)C1(C)CCNCC1)C(C)c1ccc(F)cc1. The molecule has 0 radical (unpaired) electrons. The highest BCUT2D eigenvalue weighted by Gasteiger charge is 2.38. The van der Waals surface area contributed by atoms with E-state index in [1.54, 1.807) is 12.1 Å². The van der Waals surface area contributed by atoms with Crippen molar-refractivity contribution in [2.45, 2.75) is 39.7 Å². The summed E-state index contributed by atoms with van der Waals surface area (Å²) in [6.07, 6.45) is 1.75. The first-order valence-corrected chi connectivity index (χ1v) is 7.75. The number of piperidine rings is 1. The van der Waals surface area contributed by atoms with E-state index in [1.165, 1.54) is 12.1 Å². The molecule has 1 aliphatic heterocycles. The molecule has 0 bridgehead atoms. The quantitative estimate of drug-likeness (QED) is 0.924. The molecule has 1 aromatic carbocycles. The summed E-state index contributed by atoms with van der Waals surface area (Å²) in [7, 11) is 0. The van der Waals surface area contributed by atoms with E-state index in [2.05, 4.69) is 12.2 Å². The van der Waals surface area contributed by atoms with Crippen molar-refractivity contribution in [1.29, 1.82) is 0 Å². The molecule has 1 aromatic rings. The van der Waals surface area contributed by atoms with Crippen LogP contribution in [0.25, 0.3) is 0 Å². The van der Waals surface area contributed by atoms with Gasteiger partial charge in [0.25, 0.3) is 0 Å². The molecule has 2 rings (SSSR count). The van der Waals surface area contributed by atoms with E-state index in [0.717, 1.165) is 31.5 Å². The first-order chi connectivity index (χ1) is 9.98. The second-order valence-electron chi connectivity index (χ2n) is 6.13. The smallest absolute Gasteiger partial charge is 0.229 e. The van der Waals surface area contributed by atoms with Crippen molar-refractivity contribution in [3.05, 3.63) is 35.6 Å². The van der Waals surface area contributed by atoms with Crippen molar-refractivity contribution in [3.8, 4) is 0 Å². The van der Waals surface area contributed by atoms with Gasteiger partial charge in [0.1, 0.15) is 5.82 Å². The number of carbonyl (C=O) groups is 1. The van der Waals surface area contributed by atoms with Crippen LogP contribution in [0.4, 0.5) is 4.39 Å². The zero-order valence-corrected chi connectivity index (χ0v) is 13.2. The van der Waals surface area contributed by atoms with Crippen LogP contribution >= 0.6 is 0 Å². The van der Waals surface area contributed by atoms with Gasteiger partial charge in [-0.15, -0.1) is 0 Å². The number of hydrogen-bond donors (Lipinski definition) is 1. The van der Waals surface area contributed by atoms with Crippen molar-refractivity contribution < 1.29 is 9.18 Å². The Morgan fingerprint density at radius 2 is 1.90 bits per heavy atom. The molecule has 0 spiro atoms. The Morgan fingerprint density at radius 3 is 2.43 bits per heavy atom. The highest BCUT2D eigenvalue weighted by molar-refractivity contribution is 5.83. The molecule has 116 valence electrons. The lowest BCUT2D eigenvalue weighted by atomic mass is 9.79. The standard InChI is InChI=1S/C17H25FN2O/c1-4-20(13(2)14-5-7-15(18)8-6-14)16(21)17(3)9-11-19-12-10-17/h5-8,13,19H,4,9-12H2,1-3H3. The molecule has 21 heavy (non-hydrogen) atoms. The van der Waals surface area contributed by atoms with Gasteiger partial charge in [-0.05, 0) is 57.5 Å². The molecule has 1 atom stereocenters. The second-order valence-corrected chi connectivity index (χ2v) is 6.13. The Kier molecular flexibility index (Phi) is 4.99. The largest absolute Gasteiger partial charge is 0.336 e. The fourth-order valence-corrected chi connectivity index (χ4v) is 3.05.